The van der Waals surface area contributed by atoms with E-state index in [9.17, 15) is 13.2 Å². The maximum atomic E-state index is 13.5. The number of pyridine rings is 1. The van der Waals surface area contributed by atoms with E-state index >= 15 is 0 Å². The minimum Gasteiger partial charge on any atom is -0.357 e. The lowest BCUT2D eigenvalue weighted by Crippen LogP contribution is -2.37. The highest BCUT2D eigenvalue weighted by atomic mass is 35.5. The van der Waals surface area contributed by atoms with Gasteiger partial charge in [0.2, 0.25) is 0 Å². The normalized spacial score (nSPS) is 12.8. The average Bonchev–Trinajstić information content (AvgIpc) is 3.00. The van der Waals surface area contributed by atoms with Crippen LogP contribution < -0.4 is 5.32 Å². The molecule has 0 aliphatic rings. The molecule has 142 valence electrons. The average molecular weight is 395 g/mol. The molecule has 0 saturated carbocycles. The molecule has 27 heavy (non-hydrogen) atoms. The molecule has 2 heterocycles. The lowest BCUT2D eigenvalue weighted by Gasteiger charge is -2.22. The van der Waals surface area contributed by atoms with Crippen LogP contribution in [0.15, 0.2) is 48.8 Å². The van der Waals surface area contributed by atoms with Crippen LogP contribution in [0.4, 0.5) is 19.0 Å². The van der Waals surface area contributed by atoms with Crippen LogP contribution in [0.25, 0.3) is 11.3 Å². The number of benzene rings is 1. The number of H-pyrrole nitrogens is 1. The number of aryl methyl sites for hydroxylation is 1. The van der Waals surface area contributed by atoms with E-state index < -0.39 is 12.2 Å². The zero-order valence-corrected chi connectivity index (χ0v) is 15.3. The van der Waals surface area contributed by atoms with Crippen molar-refractivity contribution in [3.8, 4) is 11.3 Å². The van der Waals surface area contributed by atoms with E-state index in [0.29, 0.717) is 16.3 Å². The summed E-state index contributed by atoms with van der Waals surface area (Å²) in [6, 6.07) is 8.64. The van der Waals surface area contributed by atoms with Crippen molar-refractivity contribution in [2.24, 2.45) is 0 Å². The van der Waals surface area contributed by atoms with Crippen molar-refractivity contribution in [3.63, 3.8) is 0 Å². The van der Waals surface area contributed by atoms with E-state index in [0.717, 1.165) is 11.1 Å². The maximum Gasteiger partial charge on any atom is 0.408 e. The number of aromatic nitrogens is 3. The Labute approximate surface area is 159 Å². The number of nitrogens with one attached hydrogen (secondary N) is 2. The van der Waals surface area contributed by atoms with Crippen molar-refractivity contribution in [3.05, 3.63) is 64.9 Å². The van der Waals surface area contributed by atoms with Crippen LogP contribution in [-0.2, 0) is 6.42 Å². The fraction of sp³-hybridized carbons (Fsp3) is 0.263. The van der Waals surface area contributed by atoms with Crippen LogP contribution in [0.2, 0.25) is 5.02 Å². The fourth-order valence-corrected chi connectivity index (χ4v) is 2.91. The van der Waals surface area contributed by atoms with Gasteiger partial charge in [0.1, 0.15) is 6.04 Å². The van der Waals surface area contributed by atoms with Gasteiger partial charge in [0.15, 0.2) is 5.82 Å². The first-order valence-corrected chi connectivity index (χ1v) is 8.75. The largest absolute Gasteiger partial charge is 0.408 e. The molecule has 0 radical (unpaired) electrons. The van der Waals surface area contributed by atoms with Gasteiger partial charge in [-0.3, -0.25) is 10.1 Å². The maximum absolute atomic E-state index is 13.5. The topological polar surface area (TPSA) is 53.6 Å². The third-order valence-corrected chi connectivity index (χ3v) is 4.57. The first-order chi connectivity index (χ1) is 12.8. The van der Waals surface area contributed by atoms with Gasteiger partial charge in [-0.2, -0.15) is 18.3 Å². The molecular formula is C19H18ClF3N4. The smallest absolute Gasteiger partial charge is 0.357 e. The number of aromatic amines is 1. The van der Waals surface area contributed by atoms with Crippen LogP contribution >= 0.6 is 11.6 Å². The number of alkyl halides is 3. The van der Waals surface area contributed by atoms with Gasteiger partial charge in [-0.1, -0.05) is 23.7 Å². The molecule has 0 fully saturated rings. The second-order valence-electron chi connectivity index (χ2n) is 6.21. The van der Waals surface area contributed by atoms with Crippen molar-refractivity contribution in [1.82, 2.24) is 15.2 Å². The number of hydrogen-bond donors (Lipinski definition) is 2. The SMILES string of the molecule is Cc1c(NC(CCc2ccc(Cl)cc2)C(F)(F)F)n[nH]c1-c1ccncc1. The molecule has 8 heteroatoms. The van der Waals surface area contributed by atoms with Gasteiger partial charge in [0, 0.05) is 28.5 Å². The van der Waals surface area contributed by atoms with E-state index in [-0.39, 0.29) is 18.7 Å². The molecule has 1 unspecified atom stereocenters. The molecule has 3 rings (SSSR count). The van der Waals surface area contributed by atoms with Crippen molar-refractivity contribution in [2.45, 2.75) is 32.0 Å². The van der Waals surface area contributed by atoms with Crippen molar-refractivity contribution < 1.29 is 13.2 Å². The van der Waals surface area contributed by atoms with Crippen molar-refractivity contribution in [2.75, 3.05) is 5.32 Å². The predicted octanol–water partition coefficient (Wildman–Crippen LogP) is 5.41. The van der Waals surface area contributed by atoms with E-state index in [4.69, 9.17) is 11.6 Å². The summed E-state index contributed by atoms with van der Waals surface area (Å²) in [5.41, 5.74) is 2.90. The monoisotopic (exact) mass is 394 g/mol. The zero-order chi connectivity index (χ0) is 19.4. The summed E-state index contributed by atoms with van der Waals surface area (Å²) < 4.78 is 40.5. The highest BCUT2D eigenvalue weighted by Crippen LogP contribution is 2.30. The Hall–Kier alpha value is -2.54. The number of hydrogen-bond acceptors (Lipinski definition) is 3. The van der Waals surface area contributed by atoms with E-state index in [1.165, 1.54) is 0 Å². The van der Waals surface area contributed by atoms with Gasteiger partial charge in [-0.25, -0.2) is 0 Å². The first-order valence-electron chi connectivity index (χ1n) is 8.37. The van der Waals surface area contributed by atoms with Gasteiger partial charge < -0.3 is 5.32 Å². The molecule has 2 N–H and O–H groups in total. The van der Waals surface area contributed by atoms with Gasteiger partial charge in [0.05, 0.1) is 5.69 Å². The third kappa shape index (κ3) is 4.80. The molecule has 0 saturated heterocycles. The standard InChI is InChI=1S/C19H18ClF3N4/c1-12-17(14-8-10-24-11-9-14)26-27-18(12)25-16(19(21,22)23)7-4-13-2-5-15(20)6-3-13/h2-3,5-6,8-11,16H,4,7H2,1H3,(H2,25,26,27). The Balaban J connectivity index is 1.75. The Kier molecular flexibility index (Phi) is 5.70. The molecule has 0 amide bonds. The van der Waals surface area contributed by atoms with Crippen molar-refractivity contribution in [1.29, 1.82) is 0 Å². The quantitative estimate of drug-likeness (QED) is 0.587. The van der Waals surface area contributed by atoms with Crippen LogP contribution in [0.1, 0.15) is 17.5 Å². The molecule has 3 aromatic rings. The minimum atomic E-state index is -4.39. The van der Waals surface area contributed by atoms with Crippen molar-refractivity contribution >= 4 is 17.4 Å². The molecule has 0 aliphatic carbocycles. The molecular weight excluding hydrogens is 377 g/mol. The summed E-state index contributed by atoms with van der Waals surface area (Å²) >= 11 is 5.82. The minimum absolute atomic E-state index is 0.109. The summed E-state index contributed by atoms with van der Waals surface area (Å²) in [5, 5.41) is 9.95. The van der Waals surface area contributed by atoms with Crippen LogP contribution in [0, 0.1) is 6.92 Å². The number of anilines is 1. The Morgan fingerprint density at radius 3 is 2.41 bits per heavy atom. The summed E-state index contributed by atoms with van der Waals surface area (Å²) in [6.07, 6.45) is -0.994. The second-order valence-corrected chi connectivity index (χ2v) is 6.65. The van der Waals surface area contributed by atoms with E-state index in [1.807, 2.05) is 0 Å². The number of nitrogens with zero attached hydrogens (tertiary/aromatic N) is 2. The molecule has 0 spiro atoms. The summed E-state index contributed by atoms with van der Waals surface area (Å²) in [6.45, 7) is 1.73. The fourth-order valence-electron chi connectivity index (χ4n) is 2.78. The van der Waals surface area contributed by atoms with Crippen LogP contribution in [-0.4, -0.2) is 27.4 Å². The van der Waals surface area contributed by atoms with E-state index in [1.54, 1.807) is 55.7 Å². The Bertz CT molecular complexity index is 876. The second kappa shape index (κ2) is 8.00. The summed E-state index contributed by atoms with van der Waals surface area (Å²) in [7, 11) is 0. The highest BCUT2D eigenvalue weighted by molar-refractivity contribution is 6.30. The van der Waals surface area contributed by atoms with Gasteiger partial charge in [-0.05, 0) is 49.6 Å². The lowest BCUT2D eigenvalue weighted by molar-refractivity contribution is -0.143. The van der Waals surface area contributed by atoms with Gasteiger partial charge in [0.25, 0.3) is 0 Å². The number of halogens is 4. The molecule has 1 atom stereocenters. The highest BCUT2D eigenvalue weighted by Gasteiger charge is 2.40. The molecule has 0 aliphatic heterocycles. The molecule has 2 aromatic heterocycles. The number of rotatable bonds is 6. The summed E-state index contributed by atoms with van der Waals surface area (Å²) in [4.78, 5) is 3.94. The van der Waals surface area contributed by atoms with Crippen LogP contribution in [0.5, 0.6) is 0 Å². The Morgan fingerprint density at radius 1 is 1.11 bits per heavy atom. The molecule has 0 bridgehead atoms. The Morgan fingerprint density at radius 2 is 1.78 bits per heavy atom. The van der Waals surface area contributed by atoms with Gasteiger partial charge in [-0.15, -0.1) is 0 Å². The van der Waals surface area contributed by atoms with Gasteiger partial charge >= 0.3 is 6.18 Å². The lowest BCUT2D eigenvalue weighted by atomic mass is 10.0. The first kappa shape index (κ1) is 19.2. The van der Waals surface area contributed by atoms with Crippen LogP contribution in [0.3, 0.4) is 0 Å². The molecule has 4 nitrogen and oxygen atoms in total. The zero-order valence-electron chi connectivity index (χ0n) is 14.5. The molecule has 1 aromatic carbocycles. The predicted molar refractivity (Wildman–Crippen MR) is 99.8 cm³/mol. The third-order valence-electron chi connectivity index (χ3n) is 4.32. The van der Waals surface area contributed by atoms with E-state index in [2.05, 4.69) is 20.5 Å². The summed E-state index contributed by atoms with van der Waals surface area (Å²) in [5.74, 6) is 0.195.